The minimum absolute atomic E-state index is 0.142. The lowest BCUT2D eigenvalue weighted by Crippen LogP contribution is -2.48. The quantitative estimate of drug-likeness (QED) is 0.507. The third-order valence-electron chi connectivity index (χ3n) is 5.97. The lowest BCUT2D eigenvalue weighted by molar-refractivity contribution is -0.136. The van der Waals surface area contributed by atoms with E-state index in [1.165, 1.54) is 10.5 Å². The normalized spacial score (nSPS) is 16.4. The SMILES string of the molecule is CC(C)c1ccc(O[C@H](Cc2ccc(O)cc2)C(=O)N2C(=O)OC[C@H]2Cc2ccccc2)cc1. The van der Waals surface area contributed by atoms with Crippen LogP contribution in [0.5, 0.6) is 11.5 Å². The average molecular weight is 460 g/mol. The number of nitrogens with zero attached hydrogens (tertiary/aromatic N) is 1. The van der Waals surface area contributed by atoms with Gasteiger partial charge in [0.2, 0.25) is 0 Å². The third-order valence-corrected chi connectivity index (χ3v) is 5.97. The van der Waals surface area contributed by atoms with E-state index >= 15 is 0 Å². The summed E-state index contributed by atoms with van der Waals surface area (Å²) in [6.45, 7) is 4.37. The van der Waals surface area contributed by atoms with E-state index in [9.17, 15) is 14.7 Å². The number of benzene rings is 3. The minimum Gasteiger partial charge on any atom is -0.508 e. The van der Waals surface area contributed by atoms with Gasteiger partial charge in [0.15, 0.2) is 6.10 Å². The number of imide groups is 1. The van der Waals surface area contributed by atoms with E-state index in [1.807, 2.05) is 54.6 Å². The van der Waals surface area contributed by atoms with Gasteiger partial charge in [-0.15, -0.1) is 0 Å². The number of amides is 2. The number of aromatic hydroxyl groups is 1. The van der Waals surface area contributed by atoms with Crippen LogP contribution in [0.4, 0.5) is 4.79 Å². The first-order valence-electron chi connectivity index (χ1n) is 11.5. The smallest absolute Gasteiger partial charge is 0.417 e. The Morgan fingerprint density at radius 3 is 2.32 bits per heavy atom. The van der Waals surface area contributed by atoms with Crippen molar-refractivity contribution in [2.75, 3.05) is 6.61 Å². The molecule has 0 spiro atoms. The van der Waals surface area contributed by atoms with Crippen LogP contribution in [0.1, 0.15) is 36.5 Å². The molecule has 2 amide bonds. The maximum absolute atomic E-state index is 13.7. The molecule has 1 N–H and O–H groups in total. The predicted molar refractivity (Wildman–Crippen MR) is 129 cm³/mol. The molecule has 3 aromatic rings. The van der Waals surface area contributed by atoms with Gasteiger partial charge in [-0.2, -0.15) is 0 Å². The summed E-state index contributed by atoms with van der Waals surface area (Å²) >= 11 is 0. The number of carbonyl (C=O) groups is 2. The molecule has 0 aromatic heterocycles. The first-order chi connectivity index (χ1) is 16.4. The zero-order valence-corrected chi connectivity index (χ0v) is 19.4. The van der Waals surface area contributed by atoms with Gasteiger partial charge in [-0.25, -0.2) is 9.69 Å². The van der Waals surface area contributed by atoms with Crippen LogP contribution >= 0.6 is 0 Å². The van der Waals surface area contributed by atoms with Gasteiger partial charge in [0.05, 0.1) is 6.04 Å². The summed E-state index contributed by atoms with van der Waals surface area (Å²) in [5.41, 5.74) is 2.99. The summed E-state index contributed by atoms with van der Waals surface area (Å²) in [6.07, 6.45) is -0.834. The number of cyclic esters (lactones) is 1. The van der Waals surface area contributed by atoms with Crippen molar-refractivity contribution in [1.29, 1.82) is 0 Å². The monoisotopic (exact) mass is 459 g/mol. The second kappa shape index (κ2) is 10.4. The summed E-state index contributed by atoms with van der Waals surface area (Å²) in [5.74, 6) is 0.627. The molecule has 1 heterocycles. The van der Waals surface area contributed by atoms with E-state index in [0.717, 1.165) is 11.1 Å². The number of ether oxygens (including phenoxy) is 2. The molecule has 1 fully saturated rings. The lowest BCUT2D eigenvalue weighted by Gasteiger charge is -2.26. The van der Waals surface area contributed by atoms with Crippen LogP contribution in [-0.2, 0) is 22.4 Å². The summed E-state index contributed by atoms with van der Waals surface area (Å²) in [5, 5.41) is 9.62. The molecule has 0 bridgehead atoms. The topological polar surface area (TPSA) is 76.1 Å². The van der Waals surface area contributed by atoms with Crippen LogP contribution in [0.2, 0.25) is 0 Å². The fourth-order valence-corrected chi connectivity index (χ4v) is 4.04. The van der Waals surface area contributed by atoms with Crippen molar-refractivity contribution in [3.63, 3.8) is 0 Å². The maximum atomic E-state index is 13.7. The summed E-state index contributed by atoms with van der Waals surface area (Å²) in [7, 11) is 0. The first kappa shape index (κ1) is 23.4. The highest BCUT2D eigenvalue weighted by molar-refractivity contribution is 5.96. The van der Waals surface area contributed by atoms with Crippen molar-refractivity contribution in [3.05, 3.63) is 95.6 Å². The summed E-state index contributed by atoms with van der Waals surface area (Å²) in [4.78, 5) is 27.4. The zero-order valence-electron chi connectivity index (χ0n) is 19.4. The van der Waals surface area contributed by atoms with Crippen LogP contribution in [0.25, 0.3) is 0 Å². The molecule has 0 aliphatic carbocycles. The molecule has 0 unspecified atom stereocenters. The zero-order chi connectivity index (χ0) is 24.1. The van der Waals surface area contributed by atoms with Gasteiger partial charge in [-0.3, -0.25) is 4.79 Å². The fraction of sp³-hybridized carbons (Fsp3) is 0.286. The molecular formula is C28H29NO5. The number of hydrogen-bond acceptors (Lipinski definition) is 5. The van der Waals surface area contributed by atoms with Crippen molar-refractivity contribution in [1.82, 2.24) is 4.90 Å². The van der Waals surface area contributed by atoms with E-state index in [2.05, 4.69) is 13.8 Å². The molecule has 0 saturated carbocycles. The Bertz CT molecular complexity index is 1110. The summed E-state index contributed by atoms with van der Waals surface area (Å²) in [6, 6.07) is 23.6. The van der Waals surface area contributed by atoms with E-state index < -0.39 is 24.1 Å². The lowest BCUT2D eigenvalue weighted by atomic mass is 10.0. The van der Waals surface area contributed by atoms with E-state index in [4.69, 9.17) is 9.47 Å². The van der Waals surface area contributed by atoms with Gasteiger partial charge < -0.3 is 14.6 Å². The largest absolute Gasteiger partial charge is 0.508 e. The van der Waals surface area contributed by atoms with E-state index in [1.54, 1.807) is 24.3 Å². The van der Waals surface area contributed by atoms with Crippen LogP contribution in [-0.4, -0.2) is 40.8 Å². The average Bonchev–Trinajstić information content (AvgIpc) is 3.20. The van der Waals surface area contributed by atoms with Crippen LogP contribution < -0.4 is 4.74 Å². The van der Waals surface area contributed by atoms with Gasteiger partial charge in [-0.05, 0) is 53.3 Å². The number of phenols is 1. The van der Waals surface area contributed by atoms with Crippen LogP contribution in [0, 0.1) is 0 Å². The van der Waals surface area contributed by atoms with Gasteiger partial charge in [0.25, 0.3) is 5.91 Å². The number of rotatable bonds is 8. The standard InChI is InChI=1S/C28H29NO5/c1-19(2)22-10-14-25(15-11-22)34-26(17-21-8-12-24(30)13-9-21)27(31)29-23(18-33-28(29)32)16-20-6-4-3-5-7-20/h3-15,19,23,26,30H,16-18H2,1-2H3/t23-,26-/m1/s1. The summed E-state index contributed by atoms with van der Waals surface area (Å²) < 4.78 is 11.4. The molecular weight excluding hydrogens is 430 g/mol. The number of phenolic OH excluding ortho intramolecular Hbond substituents is 1. The highest BCUT2D eigenvalue weighted by Crippen LogP contribution is 2.24. The Morgan fingerprint density at radius 2 is 1.68 bits per heavy atom. The highest BCUT2D eigenvalue weighted by Gasteiger charge is 2.41. The Hall–Kier alpha value is -3.80. The molecule has 0 radical (unpaired) electrons. The predicted octanol–water partition coefficient (Wildman–Crippen LogP) is 5.10. The van der Waals surface area contributed by atoms with Crippen LogP contribution in [0.3, 0.4) is 0 Å². The van der Waals surface area contributed by atoms with E-state index in [0.29, 0.717) is 18.1 Å². The van der Waals surface area contributed by atoms with Crippen molar-refractivity contribution < 1.29 is 24.2 Å². The Kier molecular flexibility index (Phi) is 7.16. The molecule has 6 nitrogen and oxygen atoms in total. The molecule has 2 atom stereocenters. The second-order valence-corrected chi connectivity index (χ2v) is 8.83. The second-order valence-electron chi connectivity index (χ2n) is 8.83. The molecule has 34 heavy (non-hydrogen) atoms. The molecule has 4 rings (SSSR count). The van der Waals surface area contributed by atoms with Crippen molar-refractivity contribution in [2.24, 2.45) is 0 Å². The number of hydrogen-bond donors (Lipinski definition) is 1. The number of carbonyl (C=O) groups excluding carboxylic acids is 2. The van der Waals surface area contributed by atoms with Crippen molar-refractivity contribution in [2.45, 2.75) is 44.8 Å². The van der Waals surface area contributed by atoms with E-state index in [-0.39, 0.29) is 18.8 Å². The third kappa shape index (κ3) is 5.57. The van der Waals surface area contributed by atoms with Gasteiger partial charge in [0, 0.05) is 6.42 Å². The van der Waals surface area contributed by atoms with Crippen LogP contribution in [0.15, 0.2) is 78.9 Å². The van der Waals surface area contributed by atoms with Gasteiger partial charge in [-0.1, -0.05) is 68.4 Å². The minimum atomic E-state index is -0.932. The van der Waals surface area contributed by atoms with Gasteiger partial charge in [0.1, 0.15) is 18.1 Å². The molecule has 1 aliphatic heterocycles. The van der Waals surface area contributed by atoms with Crippen molar-refractivity contribution >= 4 is 12.0 Å². The van der Waals surface area contributed by atoms with Crippen molar-refractivity contribution in [3.8, 4) is 11.5 Å². The Labute approximate surface area is 199 Å². The fourth-order valence-electron chi connectivity index (χ4n) is 4.04. The first-order valence-corrected chi connectivity index (χ1v) is 11.5. The Morgan fingerprint density at radius 1 is 1.00 bits per heavy atom. The molecule has 1 aliphatic rings. The molecule has 6 heteroatoms. The molecule has 176 valence electrons. The highest BCUT2D eigenvalue weighted by atomic mass is 16.6. The molecule has 1 saturated heterocycles. The molecule has 3 aromatic carbocycles. The Balaban J connectivity index is 1.58. The van der Waals surface area contributed by atoms with Gasteiger partial charge >= 0.3 is 6.09 Å². The maximum Gasteiger partial charge on any atom is 0.417 e.